The molecule has 0 aromatic carbocycles. The minimum Gasteiger partial charge on any atom is -0.349 e. The van der Waals surface area contributed by atoms with Gasteiger partial charge in [-0.25, -0.2) is 0 Å². The lowest BCUT2D eigenvalue weighted by Gasteiger charge is -2.04. The fraction of sp³-hybridized carbons (Fsp3) is 0.444. The van der Waals surface area contributed by atoms with E-state index in [1.807, 2.05) is 24.7 Å². The fourth-order valence-corrected chi connectivity index (χ4v) is 1.93. The molecule has 0 atom stereocenters. The lowest BCUT2D eigenvalue weighted by Crippen LogP contribution is -2.07. The number of hydrogen-bond acceptors (Lipinski definition) is 4. The van der Waals surface area contributed by atoms with Crippen molar-refractivity contribution in [2.75, 3.05) is 5.32 Å². The molecule has 86 valence electrons. The topological polar surface area (TPSA) is 60.6 Å². The van der Waals surface area contributed by atoms with E-state index in [4.69, 9.17) is 0 Å². The number of anilines is 1. The van der Waals surface area contributed by atoms with Gasteiger partial charge in [0.1, 0.15) is 6.33 Å². The van der Waals surface area contributed by atoms with Gasteiger partial charge in [0.15, 0.2) is 0 Å². The molecule has 0 aliphatic rings. The molecule has 0 amide bonds. The van der Waals surface area contributed by atoms with Crippen LogP contribution >= 0.6 is 15.9 Å². The SMILES string of the molecule is CCn1cnnc1NCc1nn(C)cc1Br. The van der Waals surface area contributed by atoms with Crippen molar-refractivity contribution < 1.29 is 0 Å². The maximum Gasteiger partial charge on any atom is 0.224 e. The third kappa shape index (κ3) is 2.24. The maximum absolute atomic E-state index is 4.32. The summed E-state index contributed by atoms with van der Waals surface area (Å²) >= 11 is 3.45. The lowest BCUT2D eigenvalue weighted by molar-refractivity contribution is 0.737. The minimum atomic E-state index is 0.625. The highest BCUT2D eigenvalue weighted by molar-refractivity contribution is 9.10. The smallest absolute Gasteiger partial charge is 0.224 e. The first-order valence-corrected chi connectivity index (χ1v) is 5.79. The van der Waals surface area contributed by atoms with E-state index in [-0.39, 0.29) is 0 Å². The van der Waals surface area contributed by atoms with Gasteiger partial charge in [0.05, 0.1) is 16.7 Å². The van der Waals surface area contributed by atoms with E-state index in [0.717, 1.165) is 22.7 Å². The number of aryl methyl sites for hydroxylation is 2. The second kappa shape index (κ2) is 4.65. The highest BCUT2D eigenvalue weighted by Crippen LogP contribution is 2.15. The van der Waals surface area contributed by atoms with Crippen LogP contribution in [0, 0.1) is 0 Å². The summed E-state index contributed by atoms with van der Waals surface area (Å²) < 4.78 is 4.70. The zero-order valence-corrected chi connectivity index (χ0v) is 10.8. The van der Waals surface area contributed by atoms with Crippen LogP contribution in [0.1, 0.15) is 12.6 Å². The highest BCUT2D eigenvalue weighted by Gasteiger charge is 2.06. The van der Waals surface area contributed by atoms with Gasteiger partial charge in [-0.15, -0.1) is 10.2 Å². The van der Waals surface area contributed by atoms with Crippen molar-refractivity contribution in [2.24, 2.45) is 7.05 Å². The summed E-state index contributed by atoms with van der Waals surface area (Å²) in [7, 11) is 1.89. The molecule has 1 N–H and O–H groups in total. The number of nitrogens with zero attached hydrogens (tertiary/aromatic N) is 5. The summed E-state index contributed by atoms with van der Waals surface area (Å²) in [5.74, 6) is 0.764. The molecule has 6 nitrogen and oxygen atoms in total. The van der Waals surface area contributed by atoms with E-state index < -0.39 is 0 Å². The number of rotatable bonds is 4. The summed E-state index contributed by atoms with van der Waals surface area (Å²) in [5, 5.41) is 15.3. The molecule has 0 saturated carbocycles. The van der Waals surface area contributed by atoms with Gasteiger partial charge in [0.25, 0.3) is 0 Å². The third-order valence-corrected chi connectivity index (χ3v) is 2.89. The second-order valence-electron chi connectivity index (χ2n) is 3.39. The van der Waals surface area contributed by atoms with E-state index >= 15 is 0 Å². The monoisotopic (exact) mass is 284 g/mol. The molecule has 0 radical (unpaired) electrons. The molecule has 2 aromatic heterocycles. The van der Waals surface area contributed by atoms with Crippen LogP contribution in [0.3, 0.4) is 0 Å². The molecule has 2 heterocycles. The Labute approximate surface area is 102 Å². The summed E-state index contributed by atoms with van der Waals surface area (Å²) in [6, 6.07) is 0. The van der Waals surface area contributed by atoms with Crippen LogP contribution in [0.4, 0.5) is 5.95 Å². The predicted octanol–water partition coefficient (Wildman–Crippen LogP) is 1.41. The van der Waals surface area contributed by atoms with Gasteiger partial charge in [-0.05, 0) is 22.9 Å². The molecule has 0 saturated heterocycles. The molecule has 2 aromatic rings. The van der Waals surface area contributed by atoms with Crippen molar-refractivity contribution in [1.29, 1.82) is 0 Å². The van der Waals surface area contributed by atoms with Crippen LogP contribution in [0.25, 0.3) is 0 Å². The van der Waals surface area contributed by atoms with E-state index in [2.05, 4.69) is 36.5 Å². The Bertz CT molecular complexity index is 474. The van der Waals surface area contributed by atoms with Gasteiger partial charge in [0.2, 0.25) is 5.95 Å². The molecule has 0 bridgehead atoms. The maximum atomic E-state index is 4.32. The number of nitrogens with one attached hydrogen (secondary N) is 1. The Hall–Kier alpha value is -1.37. The second-order valence-corrected chi connectivity index (χ2v) is 4.25. The summed E-state index contributed by atoms with van der Waals surface area (Å²) in [6.45, 7) is 3.52. The van der Waals surface area contributed by atoms with Gasteiger partial charge in [-0.1, -0.05) is 0 Å². The van der Waals surface area contributed by atoms with Gasteiger partial charge in [0, 0.05) is 19.8 Å². The van der Waals surface area contributed by atoms with E-state index in [9.17, 15) is 0 Å². The predicted molar refractivity (Wildman–Crippen MR) is 63.9 cm³/mol. The van der Waals surface area contributed by atoms with Crippen molar-refractivity contribution in [3.63, 3.8) is 0 Å². The Kier molecular flexibility index (Phi) is 3.23. The fourth-order valence-electron chi connectivity index (χ4n) is 1.41. The van der Waals surface area contributed by atoms with Crippen molar-refractivity contribution in [3.8, 4) is 0 Å². The average molecular weight is 285 g/mol. The molecule has 2 rings (SSSR count). The molecule has 16 heavy (non-hydrogen) atoms. The van der Waals surface area contributed by atoms with Crippen LogP contribution in [0.5, 0.6) is 0 Å². The van der Waals surface area contributed by atoms with Crippen molar-refractivity contribution in [2.45, 2.75) is 20.0 Å². The van der Waals surface area contributed by atoms with Gasteiger partial charge < -0.3 is 9.88 Å². The standard InChI is InChI=1S/C9H13BrN6/c1-3-16-6-12-13-9(16)11-4-8-7(10)5-15(2)14-8/h5-6H,3-4H2,1-2H3,(H,11,13). The van der Waals surface area contributed by atoms with E-state index in [1.54, 1.807) is 11.0 Å². The Morgan fingerprint density at radius 3 is 2.94 bits per heavy atom. The van der Waals surface area contributed by atoms with Gasteiger partial charge >= 0.3 is 0 Å². The van der Waals surface area contributed by atoms with Crippen LogP contribution in [0.15, 0.2) is 17.0 Å². The molecule has 0 aliphatic carbocycles. The van der Waals surface area contributed by atoms with Crippen molar-refractivity contribution >= 4 is 21.9 Å². The van der Waals surface area contributed by atoms with Crippen LogP contribution in [0.2, 0.25) is 0 Å². The lowest BCUT2D eigenvalue weighted by atomic mass is 10.4. The Balaban J connectivity index is 2.05. The summed E-state index contributed by atoms with van der Waals surface area (Å²) in [4.78, 5) is 0. The first-order chi connectivity index (χ1) is 7.70. The molecule has 0 aliphatic heterocycles. The Morgan fingerprint density at radius 1 is 1.50 bits per heavy atom. The zero-order chi connectivity index (χ0) is 11.5. The normalized spacial score (nSPS) is 10.7. The zero-order valence-electron chi connectivity index (χ0n) is 9.18. The summed E-state index contributed by atoms with van der Waals surface area (Å²) in [5.41, 5.74) is 0.952. The minimum absolute atomic E-state index is 0.625. The number of aromatic nitrogens is 5. The highest BCUT2D eigenvalue weighted by atomic mass is 79.9. The molecular formula is C9H13BrN6. The molecule has 0 spiro atoms. The Morgan fingerprint density at radius 2 is 2.31 bits per heavy atom. The first-order valence-electron chi connectivity index (χ1n) is 5.00. The van der Waals surface area contributed by atoms with Crippen LogP contribution in [-0.2, 0) is 20.1 Å². The van der Waals surface area contributed by atoms with E-state index in [1.165, 1.54) is 0 Å². The average Bonchev–Trinajstić information content (AvgIpc) is 2.81. The molecular weight excluding hydrogens is 272 g/mol. The molecule has 7 heteroatoms. The number of hydrogen-bond donors (Lipinski definition) is 1. The number of halogens is 1. The summed E-state index contributed by atoms with van der Waals surface area (Å²) in [6.07, 6.45) is 3.62. The van der Waals surface area contributed by atoms with Gasteiger partial charge in [-0.3, -0.25) is 4.68 Å². The molecule has 0 fully saturated rings. The largest absolute Gasteiger partial charge is 0.349 e. The van der Waals surface area contributed by atoms with E-state index in [0.29, 0.717) is 6.54 Å². The quantitative estimate of drug-likeness (QED) is 0.922. The first kappa shape index (κ1) is 11.1. The third-order valence-electron chi connectivity index (χ3n) is 2.22. The van der Waals surface area contributed by atoms with Gasteiger partial charge in [-0.2, -0.15) is 5.10 Å². The van der Waals surface area contributed by atoms with Crippen LogP contribution < -0.4 is 5.32 Å². The molecule has 0 unspecified atom stereocenters. The van der Waals surface area contributed by atoms with Crippen LogP contribution in [-0.4, -0.2) is 24.5 Å². The van der Waals surface area contributed by atoms with Crippen molar-refractivity contribution in [3.05, 3.63) is 22.7 Å². The van der Waals surface area contributed by atoms with Crippen molar-refractivity contribution in [1.82, 2.24) is 24.5 Å².